The van der Waals surface area contributed by atoms with Crippen molar-refractivity contribution < 1.29 is 29.0 Å². The predicted octanol–water partition coefficient (Wildman–Crippen LogP) is 2.73. The molecular weight excluding hydrogens is 484 g/mol. The second-order valence-electron chi connectivity index (χ2n) is 10.1. The fourth-order valence-corrected chi connectivity index (χ4v) is 6.29. The van der Waals surface area contributed by atoms with Gasteiger partial charge in [-0.3, -0.25) is 14.4 Å². The molecule has 0 aromatic heterocycles. The van der Waals surface area contributed by atoms with Crippen LogP contribution in [0.2, 0.25) is 5.02 Å². The summed E-state index contributed by atoms with van der Waals surface area (Å²) in [6.07, 6.45) is 8.03. The summed E-state index contributed by atoms with van der Waals surface area (Å²) in [5.41, 5.74) is -0.865. The second-order valence-corrected chi connectivity index (χ2v) is 10.5. The van der Waals surface area contributed by atoms with Crippen molar-refractivity contribution >= 4 is 35.1 Å². The van der Waals surface area contributed by atoms with E-state index in [2.05, 4.69) is 0 Å². The molecule has 0 radical (unpaired) electrons. The van der Waals surface area contributed by atoms with Gasteiger partial charge in [0.2, 0.25) is 5.91 Å². The number of para-hydroxylation sites is 1. The van der Waals surface area contributed by atoms with Crippen molar-refractivity contribution in [1.82, 2.24) is 4.90 Å². The van der Waals surface area contributed by atoms with Crippen LogP contribution in [0.1, 0.15) is 26.7 Å². The first kappa shape index (κ1) is 25.0. The van der Waals surface area contributed by atoms with Gasteiger partial charge in [0.15, 0.2) is 0 Å². The van der Waals surface area contributed by atoms with Crippen molar-refractivity contribution in [2.45, 2.75) is 50.5 Å². The molecule has 1 N–H and O–H groups in total. The number of cyclic esters (lactones) is 1. The zero-order chi connectivity index (χ0) is 25.6. The summed E-state index contributed by atoms with van der Waals surface area (Å²) < 4.78 is 12.1. The third kappa shape index (κ3) is 3.78. The normalized spacial score (nSPS) is 33.8. The molecule has 4 aliphatic rings. The molecule has 1 unspecified atom stereocenters. The number of fused-ring (bicyclic) bond motifs is 2. The number of aliphatic hydroxyl groups is 1. The first-order valence-electron chi connectivity index (χ1n) is 12.5. The Balaban J connectivity index is 1.67. The SMILES string of the molecule is CC(C)[C@H](CO)N1C(=O)[C@@H]2[C@@H]3C(=O)OCCC/C=C\[C@@H]3O[C@@]23C=CCN(c2ccccc2Cl)C(=O)C13. The number of hydrogen-bond acceptors (Lipinski definition) is 6. The zero-order valence-corrected chi connectivity index (χ0v) is 21.1. The average molecular weight is 515 g/mol. The Morgan fingerprint density at radius 2 is 1.94 bits per heavy atom. The van der Waals surface area contributed by atoms with Gasteiger partial charge in [0.1, 0.15) is 17.6 Å². The maximum atomic E-state index is 14.3. The largest absolute Gasteiger partial charge is 0.465 e. The number of halogens is 1. The molecule has 2 saturated heterocycles. The maximum absolute atomic E-state index is 14.3. The van der Waals surface area contributed by atoms with Crippen LogP contribution in [0.4, 0.5) is 5.69 Å². The number of carbonyl (C=O) groups excluding carboxylic acids is 3. The number of allylic oxidation sites excluding steroid dienone is 1. The fourth-order valence-electron chi connectivity index (χ4n) is 6.06. The van der Waals surface area contributed by atoms with Gasteiger partial charge in [-0.05, 0) is 30.9 Å². The van der Waals surface area contributed by atoms with Gasteiger partial charge >= 0.3 is 5.97 Å². The second kappa shape index (κ2) is 9.65. The van der Waals surface area contributed by atoms with Crippen LogP contribution in [0.25, 0.3) is 0 Å². The van der Waals surface area contributed by atoms with Crippen LogP contribution in [0, 0.1) is 17.8 Å². The molecule has 2 fully saturated rings. The van der Waals surface area contributed by atoms with E-state index in [9.17, 15) is 19.5 Å². The minimum absolute atomic E-state index is 0.146. The Morgan fingerprint density at radius 1 is 1.17 bits per heavy atom. The van der Waals surface area contributed by atoms with E-state index in [1.807, 2.05) is 26.0 Å². The molecular formula is C27H31ClN2O6. The lowest BCUT2D eigenvalue weighted by molar-refractivity contribution is -0.155. The molecule has 192 valence electrons. The molecule has 1 aromatic rings. The van der Waals surface area contributed by atoms with E-state index >= 15 is 0 Å². The van der Waals surface area contributed by atoms with Crippen LogP contribution >= 0.6 is 11.6 Å². The molecule has 4 heterocycles. The molecule has 5 rings (SSSR count). The minimum atomic E-state index is -1.38. The number of hydrogen-bond donors (Lipinski definition) is 1. The Bertz CT molecular complexity index is 1120. The summed E-state index contributed by atoms with van der Waals surface area (Å²) in [4.78, 5) is 44.8. The summed E-state index contributed by atoms with van der Waals surface area (Å²) in [6.45, 7) is 3.93. The highest BCUT2D eigenvalue weighted by Gasteiger charge is 2.72. The van der Waals surface area contributed by atoms with E-state index in [-0.39, 0.29) is 37.5 Å². The molecule has 6 atom stereocenters. The topological polar surface area (TPSA) is 96.4 Å². The van der Waals surface area contributed by atoms with Crippen molar-refractivity contribution in [1.29, 1.82) is 0 Å². The number of likely N-dealkylation sites (tertiary alicyclic amines) is 1. The Labute approximate surface area is 215 Å². The molecule has 2 amide bonds. The number of aliphatic hydroxyl groups excluding tert-OH is 1. The van der Waals surface area contributed by atoms with Gasteiger partial charge in [0.05, 0.1) is 42.0 Å². The number of nitrogens with zero attached hydrogens (tertiary/aromatic N) is 2. The number of ether oxygens (including phenoxy) is 2. The van der Waals surface area contributed by atoms with Gasteiger partial charge in [-0.2, -0.15) is 0 Å². The predicted molar refractivity (Wildman–Crippen MR) is 133 cm³/mol. The van der Waals surface area contributed by atoms with Gasteiger partial charge in [-0.1, -0.05) is 61.9 Å². The lowest BCUT2D eigenvalue weighted by Crippen LogP contribution is -2.59. The van der Waals surface area contributed by atoms with Gasteiger partial charge in [0, 0.05) is 6.54 Å². The monoisotopic (exact) mass is 514 g/mol. The third-order valence-corrected chi connectivity index (χ3v) is 8.07. The van der Waals surface area contributed by atoms with Crippen molar-refractivity contribution in [3.05, 3.63) is 53.6 Å². The quantitative estimate of drug-likeness (QED) is 0.490. The number of carbonyl (C=O) groups is 3. The van der Waals surface area contributed by atoms with E-state index in [1.165, 1.54) is 4.90 Å². The summed E-state index contributed by atoms with van der Waals surface area (Å²) in [5.74, 6) is -3.25. The van der Waals surface area contributed by atoms with E-state index in [4.69, 9.17) is 21.1 Å². The summed E-state index contributed by atoms with van der Waals surface area (Å²) >= 11 is 6.46. The smallest absolute Gasteiger partial charge is 0.312 e. The molecule has 0 bridgehead atoms. The van der Waals surface area contributed by atoms with E-state index < -0.39 is 41.6 Å². The summed E-state index contributed by atoms with van der Waals surface area (Å²) in [6, 6.07) is 5.31. The highest BCUT2D eigenvalue weighted by Crippen LogP contribution is 2.54. The highest BCUT2D eigenvalue weighted by atomic mass is 35.5. The third-order valence-electron chi connectivity index (χ3n) is 7.75. The summed E-state index contributed by atoms with van der Waals surface area (Å²) in [7, 11) is 0. The Kier molecular flexibility index (Phi) is 6.70. The highest BCUT2D eigenvalue weighted by molar-refractivity contribution is 6.34. The molecule has 1 spiro atoms. The van der Waals surface area contributed by atoms with E-state index in [0.717, 1.165) is 6.42 Å². The number of benzene rings is 1. The fraction of sp³-hybridized carbons (Fsp3) is 0.519. The molecule has 0 saturated carbocycles. The van der Waals surface area contributed by atoms with Crippen LogP contribution in [-0.2, 0) is 23.9 Å². The first-order valence-corrected chi connectivity index (χ1v) is 12.9. The van der Waals surface area contributed by atoms with Crippen LogP contribution < -0.4 is 4.90 Å². The van der Waals surface area contributed by atoms with Crippen molar-refractivity contribution in [2.24, 2.45) is 17.8 Å². The lowest BCUT2D eigenvalue weighted by Gasteiger charge is -2.40. The van der Waals surface area contributed by atoms with Crippen molar-refractivity contribution in [3.8, 4) is 0 Å². The van der Waals surface area contributed by atoms with Gasteiger partial charge in [0.25, 0.3) is 5.91 Å². The molecule has 1 aromatic carbocycles. The first-order chi connectivity index (χ1) is 17.3. The maximum Gasteiger partial charge on any atom is 0.312 e. The van der Waals surface area contributed by atoms with E-state index in [1.54, 1.807) is 41.3 Å². The Morgan fingerprint density at radius 3 is 2.67 bits per heavy atom. The van der Waals surface area contributed by atoms with Gasteiger partial charge in [-0.15, -0.1) is 0 Å². The number of esters is 1. The molecule has 0 aliphatic carbocycles. The molecule has 8 nitrogen and oxygen atoms in total. The van der Waals surface area contributed by atoms with Crippen LogP contribution in [0.5, 0.6) is 0 Å². The van der Waals surface area contributed by atoms with Crippen molar-refractivity contribution in [2.75, 3.05) is 24.7 Å². The number of rotatable bonds is 4. The standard InChI is InChI=1S/C27H31ClN2O6/c1-16(2)19(15-31)30-23-25(33)29(18-10-6-5-9-17(18)28)13-8-12-27(23)22(24(30)32)21-20(36-27)11-4-3-7-14-35-26(21)34/h4-6,8-12,16,19-23,31H,3,7,13-15H2,1-2H3/b11-4-/t19-,20-,21+,22-,23?,27-/m0/s1. The van der Waals surface area contributed by atoms with Crippen molar-refractivity contribution in [3.63, 3.8) is 0 Å². The Hall–Kier alpha value is -2.68. The van der Waals surface area contributed by atoms with E-state index in [0.29, 0.717) is 17.1 Å². The van der Waals surface area contributed by atoms with Gasteiger partial charge < -0.3 is 24.4 Å². The minimum Gasteiger partial charge on any atom is -0.465 e. The number of anilines is 1. The van der Waals surface area contributed by atoms with Gasteiger partial charge in [-0.25, -0.2) is 0 Å². The van der Waals surface area contributed by atoms with Crippen LogP contribution in [0.3, 0.4) is 0 Å². The average Bonchev–Trinajstić information content (AvgIpc) is 3.25. The molecule has 9 heteroatoms. The zero-order valence-electron chi connectivity index (χ0n) is 20.4. The molecule has 4 aliphatic heterocycles. The lowest BCUT2D eigenvalue weighted by atomic mass is 9.78. The van der Waals surface area contributed by atoms with Crippen LogP contribution in [0.15, 0.2) is 48.6 Å². The molecule has 36 heavy (non-hydrogen) atoms. The van der Waals surface area contributed by atoms with Crippen LogP contribution in [-0.4, -0.2) is 71.3 Å². The number of amides is 2. The summed E-state index contributed by atoms with van der Waals surface area (Å²) in [5, 5.41) is 10.7.